The molecular formula is C16H22FNO3. The average molecular weight is 295 g/mol. The van der Waals surface area contributed by atoms with Gasteiger partial charge in [0.15, 0.2) is 0 Å². The molecule has 1 atom stereocenters. The van der Waals surface area contributed by atoms with Crippen molar-refractivity contribution in [3.05, 3.63) is 0 Å². The summed E-state index contributed by atoms with van der Waals surface area (Å²) in [6.45, 7) is 0. The third kappa shape index (κ3) is 1.85. The van der Waals surface area contributed by atoms with Crippen molar-refractivity contribution in [1.82, 2.24) is 5.32 Å². The molecule has 2 N–H and O–H groups in total. The lowest BCUT2D eigenvalue weighted by atomic mass is 9.57. The number of halogens is 1. The quantitative estimate of drug-likeness (QED) is 0.840. The lowest BCUT2D eigenvalue weighted by Gasteiger charge is -2.52. The van der Waals surface area contributed by atoms with E-state index in [0.717, 1.165) is 19.3 Å². The molecule has 0 aromatic heterocycles. The summed E-state index contributed by atoms with van der Waals surface area (Å²) in [5, 5.41) is 12.6. The summed E-state index contributed by atoms with van der Waals surface area (Å²) < 4.78 is 13.2. The van der Waals surface area contributed by atoms with Crippen LogP contribution in [0, 0.1) is 16.7 Å². The highest BCUT2D eigenvalue weighted by Gasteiger charge is 2.64. The largest absolute Gasteiger partial charge is 0.481 e. The Labute approximate surface area is 123 Å². The Balaban J connectivity index is 1.36. The molecule has 5 aliphatic rings. The second kappa shape index (κ2) is 3.99. The van der Waals surface area contributed by atoms with Crippen molar-refractivity contribution in [1.29, 1.82) is 0 Å². The molecule has 5 rings (SSSR count). The number of aliphatic carboxylic acids is 1. The van der Waals surface area contributed by atoms with Crippen molar-refractivity contribution in [2.45, 2.75) is 69.5 Å². The van der Waals surface area contributed by atoms with E-state index in [2.05, 4.69) is 5.32 Å². The lowest BCUT2D eigenvalue weighted by Crippen LogP contribution is -2.60. The van der Waals surface area contributed by atoms with E-state index in [1.807, 2.05) is 0 Å². The number of nitrogens with one attached hydrogen (secondary N) is 1. The molecule has 4 nitrogen and oxygen atoms in total. The Morgan fingerprint density at radius 1 is 1.00 bits per heavy atom. The van der Waals surface area contributed by atoms with Crippen LogP contribution in [0.25, 0.3) is 0 Å². The van der Waals surface area contributed by atoms with E-state index < -0.39 is 17.6 Å². The van der Waals surface area contributed by atoms with Crippen LogP contribution in [-0.2, 0) is 9.59 Å². The zero-order valence-electron chi connectivity index (χ0n) is 12.2. The predicted octanol–water partition coefficient (Wildman–Crippen LogP) is 2.42. The molecule has 1 amide bonds. The summed E-state index contributed by atoms with van der Waals surface area (Å²) in [6, 6.07) is 0. The first kappa shape index (κ1) is 13.5. The maximum Gasteiger partial charge on any atom is 0.309 e. The van der Waals surface area contributed by atoms with Crippen molar-refractivity contribution in [2.24, 2.45) is 16.7 Å². The number of carboxylic acids is 1. The highest BCUT2D eigenvalue weighted by Crippen LogP contribution is 2.65. The third-order valence-corrected chi connectivity index (χ3v) is 6.86. The Morgan fingerprint density at radius 2 is 1.52 bits per heavy atom. The van der Waals surface area contributed by atoms with Gasteiger partial charge in [0.2, 0.25) is 5.91 Å². The summed E-state index contributed by atoms with van der Waals surface area (Å²) in [4.78, 5) is 23.8. The molecule has 5 aliphatic carbocycles. The van der Waals surface area contributed by atoms with Gasteiger partial charge in [0.05, 0.1) is 5.41 Å². The monoisotopic (exact) mass is 295 g/mol. The average Bonchev–Trinajstić information content (AvgIpc) is 3.10. The molecule has 0 aliphatic heterocycles. The van der Waals surface area contributed by atoms with Crippen LogP contribution in [0.2, 0.25) is 0 Å². The number of amides is 1. The number of hydrogen-bond acceptors (Lipinski definition) is 2. The van der Waals surface area contributed by atoms with Gasteiger partial charge in [0, 0.05) is 16.9 Å². The molecule has 0 aromatic rings. The third-order valence-electron chi connectivity index (χ3n) is 6.86. The van der Waals surface area contributed by atoms with Gasteiger partial charge in [-0.05, 0) is 57.8 Å². The number of hydrogen-bond donors (Lipinski definition) is 2. The minimum absolute atomic E-state index is 0.0202. The second-order valence-corrected chi connectivity index (χ2v) is 7.99. The van der Waals surface area contributed by atoms with Crippen LogP contribution in [0.4, 0.5) is 4.39 Å². The number of carbonyl (C=O) groups excluding carboxylic acids is 1. The maximum atomic E-state index is 13.2. The fourth-order valence-corrected chi connectivity index (χ4v) is 4.88. The van der Waals surface area contributed by atoms with Gasteiger partial charge in [-0.1, -0.05) is 0 Å². The molecule has 5 fully saturated rings. The van der Waals surface area contributed by atoms with Gasteiger partial charge in [0.25, 0.3) is 0 Å². The van der Waals surface area contributed by atoms with Crippen LogP contribution >= 0.6 is 0 Å². The fourth-order valence-electron chi connectivity index (χ4n) is 4.88. The summed E-state index contributed by atoms with van der Waals surface area (Å²) in [6.07, 6.45) is 5.70. The van der Waals surface area contributed by atoms with Gasteiger partial charge in [0.1, 0.15) is 6.17 Å². The smallest absolute Gasteiger partial charge is 0.309 e. The van der Waals surface area contributed by atoms with Crippen LogP contribution in [0.15, 0.2) is 0 Å². The number of carboxylic acid groups (broad SMARTS) is 1. The van der Waals surface area contributed by atoms with Gasteiger partial charge in [-0.15, -0.1) is 0 Å². The van der Waals surface area contributed by atoms with Gasteiger partial charge in [-0.25, -0.2) is 4.39 Å². The van der Waals surface area contributed by atoms with Gasteiger partial charge < -0.3 is 10.4 Å². The molecule has 1 unspecified atom stereocenters. The summed E-state index contributed by atoms with van der Waals surface area (Å²) in [5.74, 6) is -0.622. The van der Waals surface area contributed by atoms with Crippen LogP contribution in [0.1, 0.15) is 57.8 Å². The first-order valence-electron chi connectivity index (χ1n) is 8.08. The van der Waals surface area contributed by atoms with Crippen molar-refractivity contribution < 1.29 is 19.1 Å². The van der Waals surface area contributed by atoms with Gasteiger partial charge in [-0.2, -0.15) is 0 Å². The topological polar surface area (TPSA) is 66.4 Å². The standard InChI is InChI=1S/C16H22FNO3/c17-11-9-15(11)7-10(8-15)12(19)18-16-4-1-14(2-5-16,3-6-16)13(20)21/h10-11H,1-9H2,(H,18,19)(H,20,21). The normalized spacial score (nSPS) is 50.5. The number of alkyl halides is 1. The van der Waals surface area contributed by atoms with E-state index in [1.54, 1.807) is 0 Å². The number of carbonyl (C=O) groups is 2. The Bertz CT molecular complexity index is 487. The number of fused-ring (bicyclic) bond motifs is 3. The zero-order chi connectivity index (χ0) is 14.9. The summed E-state index contributed by atoms with van der Waals surface area (Å²) in [7, 11) is 0. The van der Waals surface area contributed by atoms with E-state index >= 15 is 0 Å². The molecule has 5 saturated carbocycles. The summed E-state index contributed by atoms with van der Waals surface area (Å²) >= 11 is 0. The van der Waals surface area contributed by atoms with Crippen molar-refractivity contribution in [3.63, 3.8) is 0 Å². The molecule has 2 bridgehead atoms. The molecule has 5 heteroatoms. The van der Waals surface area contributed by atoms with Crippen LogP contribution in [0.5, 0.6) is 0 Å². The fraction of sp³-hybridized carbons (Fsp3) is 0.875. The van der Waals surface area contributed by atoms with Gasteiger partial charge >= 0.3 is 5.97 Å². The SMILES string of the molecule is O=C(NC12CCC(C(=O)O)(CC1)CC2)C1CC2(C1)CC2F. The predicted molar refractivity (Wildman–Crippen MR) is 73.3 cm³/mol. The Morgan fingerprint density at radius 3 is 1.95 bits per heavy atom. The lowest BCUT2D eigenvalue weighted by molar-refractivity contribution is -0.157. The van der Waals surface area contributed by atoms with Crippen LogP contribution < -0.4 is 5.32 Å². The first-order chi connectivity index (χ1) is 9.89. The van der Waals surface area contributed by atoms with E-state index in [0.29, 0.717) is 38.5 Å². The minimum atomic E-state index is -0.680. The van der Waals surface area contributed by atoms with E-state index in [9.17, 15) is 19.1 Å². The van der Waals surface area contributed by atoms with Gasteiger partial charge in [-0.3, -0.25) is 9.59 Å². The Kier molecular flexibility index (Phi) is 2.57. The van der Waals surface area contributed by atoms with Crippen molar-refractivity contribution in [2.75, 3.05) is 0 Å². The zero-order valence-corrected chi connectivity index (χ0v) is 12.2. The minimum Gasteiger partial charge on any atom is -0.481 e. The van der Waals surface area contributed by atoms with E-state index in [-0.39, 0.29) is 22.8 Å². The molecule has 116 valence electrons. The summed E-state index contributed by atoms with van der Waals surface area (Å²) in [5.41, 5.74) is -0.866. The van der Waals surface area contributed by atoms with Crippen molar-refractivity contribution >= 4 is 11.9 Å². The molecule has 0 saturated heterocycles. The molecule has 0 aromatic carbocycles. The molecule has 0 radical (unpaired) electrons. The second-order valence-electron chi connectivity index (χ2n) is 7.99. The van der Waals surface area contributed by atoms with Crippen molar-refractivity contribution in [3.8, 4) is 0 Å². The molecule has 21 heavy (non-hydrogen) atoms. The molecule has 0 heterocycles. The van der Waals surface area contributed by atoms with Crippen LogP contribution in [-0.4, -0.2) is 28.7 Å². The van der Waals surface area contributed by atoms with Crippen LogP contribution in [0.3, 0.4) is 0 Å². The van der Waals surface area contributed by atoms with E-state index in [1.165, 1.54) is 0 Å². The highest BCUT2D eigenvalue weighted by atomic mass is 19.1. The number of rotatable bonds is 3. The van der Waals surface area contributed by atoms with E-state index in [4.69, 9.17) is 0 Å². The molecule has 1 spiro atoms. The first-order valence-corrected chi connectivity index (χ1v) is 8.08. The maximum absolute atomic E-state index is 13.2. The highest BCUT2D eigenvalue weighted by molar-refractivity contribution is 5.81. The Hall–Kier alpha value is -1.13. The molecular weight excluding hydrogens is 273 g/mol.